The molecule has 116 valence electrons. The average molecular weight is 333 g/mol. The zero-order valence-electron chi connectivity index (χ0n) is 12.6. The molecule has 3 nitrogen and oxygen atoms in total. The summed E-state index contributed by atoms with van der Waals surface area (Å²) in [6.45, 7) is 2.68. The smallest absolute Gasteiger partial charge is 0.223 e. The van der Waals surface area contributed by atoms with E-state index in [-0.39, 0.29) is 11.7 Å². The van der Waals surface area contributed by atoms with E-state index in [4.69, 9.17) is 0 Å². The highest BCUT2D eigenvalue weighted by atomic mass is 32.1. The summed E-state index contributed by atoms with van der Waals surface area (Å²) < 4.78 is 0. The van der Waals surface area contributed by atoms with Gasteiger partial charge in [0, 0.05) is 28.6 Å². The van der Waals surface area contributed by atoms with Crippen molar-refractivity contribution >= 4 is 34.4 Å². The normalized spacial score (nSPS) is 14.0. The molecular weight excluding hydrogens is 314 g/mol. The van der Waals surface area contributed by atoms with Gasteiger partial charge in [-0.15, -0.1) is 22.7 Å². The van der Waals surface area contributed by atoms with Gasteiger partial charge in [-0.25, -0.2) is 0 Å². The van der Waals surface area contributed by atoms with Gasteiger partial charge >= 0.3 is 0 Å². The van der Waals surface area contributed by atoms with Crippen LogP contribution in [0, 0.1) is 6.92 Å². The van der Waals surface area contributed by atoms with Gasteiger partial charge in [-0.3, -0.25) is 9.59 Å². The molecule has 1 aliphatic rings. The highest BCUT2D eigenvalue weighted by Crippen LogP contribution is 2.30. The van der Waals surface area contributed by atoms with Crippen molar-refractivity contribution in [2.24, 2.45) is 0 Å². The van der Waals surface area contributed by atoms with E-state index in [0.717, 1.165) is 22.6 Å². The fourth-order valence-corrected chi connectivity index (χ4v) is 3.99. The maximum atomic E-state index is 12.5. The summed E-state index contributed by atoms with van der Waals surface area (Å²) in [5.41, 5.74) is 0. The van der Waals surface area contributed by atoms with Crippen LogP contribution in [0.3, 0.4) is 0 Å². The molecule has 2 heterocycles. The van der Waals surface area contributed by atoms with Gasteiger partial charge in [-0.1, -0.05) is 6.07 Å². The third-order valence-electron chi connectivity index (χ3n) is 3.80. The van der Waals surface area contributed by atoms with Crippen LogP contribution in [-0.2, 0) is 11.3 Å². The minimum Gasteiger partial charge on any atom is -0.335 e. The molecule has 22 heavy (non-hydrogen) atoms. The zero-order valence-corrected chi connectivity index (χ0v) is 14.2. The maximum absolute atomic E-state index is 12.5. The van der Waals surface area contributed by atoms with Crippen LogP contribution in [0.4, 0.5) is 0 Å². The summed E-state index contributed by atoms with van der Waals surface area (Å²) >= 11 is 3.18. The predicted molar refractivity (Wildman–Crippen MR) is 90.5 cm³/mol. The Morgan fingerprint density at radius 1 is 1.23 bits per heavy atom. The summed E-state index contributed by atoms with van der Waals surface area (Å²) in [7, 11) is 0. The fourth-order valence-electron chi connectivity index (χ4n) is 2.45. The molecule has 0 bridgehead atoms. The molecule has 1 amide bonds. The van der Waals surface area contributed by atoms with Crippen LogP contribution >= 0.6 is 22.7 Å². The highest BCUT2D eigenvalue weighted by molar-refractivity contribution is 7.14. The first kappa shape index (κ1) is 15.4. The molecule has 3 rings (SSSR count). The van der Waals surface area contributed by atoms with E-state index in [1.54, 1.807) is 11.3 Å². The molecule has 0 atom stereocenters. The molecule has 0 aliphatic heterocycles. The second kappa shape index (κ2) is 6.75. The van der Waals surface area contributed by atoms with Crippen LogP contribution in [0.2, 0.25) is 0 Å². The lowest BCUT2D eigenvalue weighted by molar-refractivity contribution is -0.132. The number of hydrogen-bond donors (Lipinski definition) is 0. The number of hydrogen-bond acceptors (Lipinski definition) is 4. The molecular formula is C17H19NO2S2. The maximum Gasteiger partial charge on any atom is 0.223 e. The molecule has 5 heteroatoms. The quantitative estimate of drug-likeness (QED) is 0.710. The molecule has 1 aliphatic carbocycles. The van der Waals surface area contributed by atoms with Gasteiger partial charge in [-0.05, 0) is 43.3 Å². The lowest BCUT2D eigenvalue weighted by Gasteiger charge is -2.21. The first-order valence-electron chi connectivity index (χ1n) is 7.55. The standard InChI is InChI=1S/C17H19NO2S2/c1-12-4-8-16(22-12)15(19)7-9-17(20)18(13-5-6-13)11-14-3-2-10-21-14/h2-4,8,10,13H,5-7,9,11H2,1H3. The van der Waals surface area contributed by atoms with Gasteiger partial charge in [0.05, 0.1) is 11.4 Å². The van der Waals surface area contributed by atoms with Crippen molar-refractivity contribution in [3.05, 3.63) is 44.3 Å². The van der Waals surface area contributed by atoms with Crippen LogP contribution in [0.15, 0.2) is 29.6 Å². The Balaban J connectivity index is 1.56. The van der Waals surface area contributed by atoms with Crippen molar-refractivity contribution in [2.45, 2.75) is 45.2 Å². The molecule has 2 aromatic rings. The fraction of sp³-hybridized carbons (Fsp3) is 0.412. The summed E-state index contributed by atoms with van der Waals surface area (Å²) in [6, 6.07) is 8.27. The first-order valence-corrected chi connectivity index (χ1v) is 9.24. The van der Waals surface area contributed by atoms with Gasteiger partial charge in [0.15, 0.2) is 5.78 Å². The second-order valence-corrected chi connectivity index (χ2v) is 7.99. The van der Waals surface area contributed by atoms with Crippen LogP contribution in [0.25, 0.3) is 0 Å². The van der Waals surface area contributed by atoms with E-state index in [1.165, 1.54) is 16.2 Å². The molecule has 2 aromatic heterocycles. The van der Waals surface area contributed by atoms with Gasteiger partial charge in [0.25, 0.3) is 0 Å². The van der Waals surface area contributed by atoms with E-state index in [0.29, 0.717) is 25.4 Å². The minimum atomic E-state index is 0.0818. The SMILES string of the molecule is Cc1ccc(C(=O)CCC(=O)N(Cc2cccs2)C2CC2)s1. The Morgan fingerprint density at radius 2 is 2.05 bits per heavy atom. The Hall–Kier alpha value is -1.46. The van der Waals surface area contributed by atoms with Crippen molar-refractivity contribution in [1.29, 1.82) is 0 Å². The number of carbonyl (C=O) groups excluding carboxylic acids is 2. The van der Waals surface area contributed by atoms with Crippen molar-refractivity contribution in [3.8, 4) is 0 Å². The van der Waals surface area contributed by atoms with Gasteiger partial charge in [-0.2, -0.15) is 0 Å². The van der Waals surface area contributed by atoms with Gasteiger partial charge in [0.1, 0.15) is 0 Å². The lowest BCUT2D eigenvalue weighted by atomic mass is 10.1. The van der Waals surface area contributed by atoms with Crippen molar-refractivity contribution in [2.75, 3.05) is 0 Å². The van der Waals surface area contributed by atoms with Gasteiger partial charge < -0.3 is 4.90 Å². The van der Waals surface area contributed by atoms with Crippen molar-refractivity contribution < 1.29 is 9.59 Å². The average Bonchev–Trinajstić information content (AvgIpc) is 3.03. The predicted octanol–water partition coefficient (Wildman–Crippen LogP) is 4.27. The van der Waals surface area contributed by atoms with E-state index >= 15 is 0 Å². The van der Waals surface area contributed by atoms with E-state index in [1.807, 2.05) is 35.4 Å². The third kappa shape index (κ3) is 3.84. The molecule has 1 saturated carbocycles. The molecule has 0 N–H and O–H groups in total. The van der Waals surface area contributed by atoms with Crippen molar-refractivity contribution in [3.63, 3.8) is 0 Å². The number of ketones is 1. The first-order chi connectivity index (χ1) is 10.6. The van der Waals surface area contributed by atoms with E-state index < -0.39 is 0 Å². The highest BCUT2D eigenvalue weighted by Gasteiger charge is 2.32. The van der Waals surface area contributed by atoms with Crippen molar-refractivity contribution in [1.82, 2.24) is 4.90 Å². The van der Waals surface area contributed by atoms with Crippen LogP contribution in [0.5, 0.6) is 0 Å². The number of amides is 1. The molecule has 0 aromatic carbocycles. The molecule has 0 spiro atoms. The lowest BCUT2D eigenvalue weighted by Crippen LogP contribution is -2.32. The molecule has 0 unspecified atom stereocenters. The summed E-state index contributed by atoms with van der Waals surface area (Å²) in [4.78, 5) is 29.7. The number of rotatable bonds is 7. The van der Waals surface area contributed by atoms with Crippen LogP contribution in [0.1, 0.15) is 45.1 Å². The number of aryl methyl sites for hydroxylation is 1. The Labute approximate surface area is 138 Å². The molecule has 0 radical (unpaired) electrons. The number of thiophene rings is 2. The minimum absolute atomic E-state index is 0.0818. The third-order valence-corrected chi connectivity index (χ3v) is 5.70. The second-order valence-electron chi connectivity index (χ2n) is 5.67. The zero-order chi connectivity index (χ0) is 15.5. The van der Waals surface area contributed by atoms with Crippen LogP contribution < -0.4 is 0 Å². The summed E-state index contributed by atoms with van der Waals surface area (Å²) in [5, 5.41) is 2.04. The molecule has 0 saturated heterocycles. The largest absolute Gasteiger partial charge is 0.335 e. The Morgan fingerprint density at radius 3 is 2.64 bits per heavy atom. The number of carbonyl (C=O) groups is 2. The summed E-state index contributed by atoms with van der Waals surface area (Å²) in [5.74, 6) is 0.191. The number of nitrogens with zero attached hydrogens (tertiary/aromatic N) is 1. The summed E-state index contributed by atoms with van der Waals surface area (Å²) in [6.07, 6.45) is 2.81. The monoisotopic (exact) mass is 333 g/mol. The van der Waals surface area contributed by atoms with E-state index in [2.05, 4.69) is 6.07 Å². The molecule has 1 fully saturated rings. The number of Topliss-reactive ketones (excluding diaryl/α,β-unsaturated/α-hetero) is 1. The van der Waals surface area contributed by atoms with Gasteiger partial charge in [0.2, 0.25) is 5.91 Å². The Kier molecular flexibility index (Phi) is 4.74. The van der Waals surface area contributed by atoms with E-state index in [9.17, 15) is 9.59 Å². The van der Waals surface area contributed by atoms with Crippen LogP contribution in [-0.4, -0.2) is 22.6 Å². The topological polar surface area (TPSA) is 37.4 Å². The Bertz CT molecular complexity index is 656.